The topological polar surface area (TPSA) is 50.3 Å². The van der Waals surface area contributed by atoms with E-state index in [2.05, 4.69) is 274 Å². The highest BCUT2D eigenvalue weighted by Gasteiger charge is 2.18. The minimum atomic E-state index is -1.42. The molecule has 0 aliphatic carbocycles. The maximum atomic E-state index is 9.16. The molecule has 8 heteroatoms. The zero-order valence-corrected chi connectivity index (χ0v) is 46.3. The molecule has 0 spiro atoms. The van der Waals surface area contributed by atoms with Gasteiger partial charge in [-0.25, -0.2) is 0 Å². The summed E-state index contributed by atoms with van der Waals surface area (Å²) in [5, 5.41) is 28.7. The monoisotopic (exact) mass is 1130 g/mol. The molecule has 0 unspecified atom stereocenters. The highest BCUT2D eigenvalue weighted by Crippen LogP contribution is 2.42. The van der Waals surface area contributed by atoms with Crippen molar-refractivity contribution in [3.8, 4) is 44.8 Å². The Labute approximate surface area is 479 Å². The van der Waals surface area contributed by atoms with Crippen LogP contribution in [-0.4, -0.2) is 26.3 Å². The van der Waals surface area contributed by atoms with Crippen LogP contribution in [0.3, 0.4) is 0 Å². The third-order valence-electron chi connectivity index (χ3n) is 15.2. The van der Waals surface area contributed by atoms with Crippen LogP contribution >= 0.6 is 38.6 Å². The predicted octanol–water partition coefficient (Wildman–Crippen LogP) is 19.4. The highest BCUT2D eigenvalue weighted by atomic mass is 79.9. The fraction of sp³-hybridized carbons (Fsp3) is 0. The van der Waals surface area contributed by atoms with Gasteiger partial charge in [0.2, 0.25) is 0 Å². The second kappa shape index (κ2) is 21.1. The largest absolute Gasteiger partial charge is 0.488 e. The van der Waals surface area contributed by atoms with Crippen LogP contribution in [0.5, 0.6) is 0 Å². The first-order chi connectivity index (χ1) is 39.4. The lowest BCUT2D eigenvalue weighted by Gasteiger charge is -2.09. The number of hydrogen-bond acceptors (Lipinski definition) is 4. The molecule has 0 saturated carbocycles. The molecule has 0 saturated heterocycles. The summed E-state index contributed by atoms with van der Waals surface area (Å²) in [6.07, 6.45) is 0. The average molecular weight is 1130 g/mol. The second-order valence-corrected chi connectivity index (χ2v) is 22.9. The molecule has 16 rings (SSSR count). The van der Waals surface area contributed by atoms with E-state index in [-0.39, 0.29) is 0 Å². The number of fused-ring (bicyclic) bond motifs is 12. The van der Waals surface area contributed by atoms with Gasteiger partial charge in [-0.15, -0.1) is 22.7 Å². The number of hydrogen-bond donors (Lipinski definition) is 2. The summed E-state index contributed by atoms with van der Waals surface area (Å²) < 4.78 is 11.1. The molecular weight excluding hydrogens is 1080 g/mol. The molecular formula is C72H48BBrN2O2S2. The van der Waals surface area contributed by atoms with Crippen molar-refractivity contribution in [3.63, 3.8) is 0 Å². The minimum Gasteiger partial charge on any atom is -0.423 e. The summed E-state index contributed by atoms with van der Waals surface area (Å²) in [4.78, 5) is 0. The second-order valence-electron chi connectivity index (χ2n) is 19.9. The molecule has 4 nitrogen and oxygen atoms in total. The van der Waals surface area contributed by atoms with Gasteiger partial charge >= 0.3 is 7.12 Å². The van der Waals surface area contributed by atoms with Crippen LogP contribution in [0.1, 0.15) is 0 Å². The number of thiophene rings is 2. The number of halogens is 1. The summed E-state index contributed by atoms with van der Waals surface area (Å²) in [6.45, 7) is 0. The molecule has 12 aromatic carbocycles. The van der Waals surface area contributed by atoms with Gasteiger partial charge in [0.25, 0.3) is 0 Å². The summed E-state index contributed by atoms with van der Waals surface area (Å²) in [5.41, 5.74) is 15.0. The van der Waals surface area contributed by atoms with Gasteiger partial charge in [0.15, 0.2) is 0 Å². The van der Waals surface area contributed by atoms with Gasteiger partial charge < -0.3 is 19.2 Å². The predicted molar refractivity (Wildman–Crippen MR) is 348 cm³/mol. The van der Waals surface area contributed by atoms with Crippen LogP contribution in [-0.2, 0) is 0 Å². The molecule has 0 atom stereocenters. The number of aromatic nitrogens is 2. The van der Waals surface area contributed by atoms with Crippen LogP contribution < -0.4 is 5.46 Å². The quantitative estimate of drug-likeness (QED) is 0.163. The number of nitrogens with zero attached hydrogens (tertiary/aromatic N) is 2. The Morgan fingerprint density at radius 1 is 0.300 bits per heavy atom. The summed E-state index contributed by atoms with van der Waals surface area (Å²) in [6, 6.07) is 98.3. The van der Waals surface area contributed by atoms with Gasteiger partial charge in [0.1, 0.15) is 0 Å². The first kappa shape index (κ1) is 49.4. The standard InChI is InChI=1S/C36H23NS.C18H13BO2S.C18H12BrN/c1-2-9-27(10-3-1)37-32-14-6-4-12-31(32)36-28(13-8-15-33(36)37)25-19-17-24(18-20-25)26-21-22-30-29-11-5-7-16-34(29)38-35(30)23-26;20-19(21)14-8-5-12(6-9-14)13-7-10-16-15-3-1-2-4-17(15)22-18(16)11-13;19-15-10-6-12-17-18(15)14-9-4-5-11-16(14)20(17)13-7-2-1-3-8-13/h1-23H;1-11,20-21H;1-12H. The first-order valence-corrected chi connectivity index (χ1v) is 29.1. The molecule has 16 aromatic rings. The van der Waals surface area contributed by atoms with Gasteiger partial charge in [0, 0.05) is 77.7 Å². The molecule has 0 amide bonds. The van der Waals surface area contributed by atoms with Gasteiger partial charge in [-0.2, -0.15) is 0 Å². The van der Waals surface area contributed by atoms with Crippen LogP contribution in [0, 0.1) is 0 Å². The lowest BCUT2D eigenvalue weighted by Crippen LogP contribution is -2.29. The van der Waals surface area contributed by atoms with E-state index in [0.717, 1.165) is 15.6 Å². The Morgan fingerprint density at radius 2 is 0.688 bits per heavy atom. The van der Waals surface area contributed by atoms with Crippen molar-refractivity contribution < 1.29 is 10.0 Å². The molecule has 0 bridgehead atoms. The normalized spacial score (nSPS) is 11.4. The molecule has 80 heavy (non-hydrogen) atoms. The molecule has 0 fully saturated rings. The smallest absolute Gasteiger partial charge is 0.423 e. The molecule has 0 aliphatic heterocycles. The van der Waals surface area contributed by atoms with Crippen LogP contribution in [0.2, 0.25) is 0 Å². The van der Waals surface area contributed by atoms with Crippen LogP contribution in [0.4, 0.5) is 0 Å². The maximum Gasteiger partial charge on any atom is 0.488 e. The van der Waals surface area contributed by atoms with Crippen molar-refractivity contribution in [3.05, 3.63) is 284 Å². The van der Waals surface area contributed by atoms with Crippen LogP contribution in [0.25, 0.3) is 129 Å². The summed E-state index contributed by atoms with van der Waals surface area (Å²) in [5.74, 6) is 0. The average Bonchev–Trinajstić information content (AvgIpc) is 4.28. The van der Waals surface area contributed by atoms with Crippen molar-refractivity contribution >= 4 is 135 Å². The van der Waals surface area contributed by atoms with Crippen LogP contribution in [0.15, 0.2) is 284 Å². The Bertz CT molecular complexity index is 4930. The highest BCUT2D eigenvalue weighted by molar-refractivity contribution is 9.10. The lowest BCUT2D eigenvalue weighted by molar-refractivity contribution is 0.426. The molecule has 2 N–H and O–H groups in total. The Balaban J connectivity index is 0.000000117. The Morgan fingerprint density at radius 3 is 1.21 bits per heavy atom. The number of para-hydroxylation sites is 4. The van der Waals surface area contributed by atoms with E-state index in [4.69, 9.17) is 10.0 Å². The minimum absolute atomic E-state index is 0.506. The van der Waals surface area contributed by atoms with E-state index in [9.17, 15) is 0 Å². The lowest BCUT2D eigenvalue weighted by atomic mass is 9.80. The molecule has 0 radical (unpaired) electrons. The summed E-state index contributed by atoms with van der Waals surface area (Å²) >= 11 is 7.36. The first-order valence-electron chi connectivity index (χ1n) is 26.6. The zero-order chi connectivity index (χ0) is 53.7. The maximum absolute atomic E-state index is 9.16. The molecule has 0 aliphatic rings. The zero-order valence-electron chi connectivity index (χ0n) is 43.1. The van der Waals surface area contributed by atoms with Crippen molar-refractivity contribution in [2.24, 2.45) is 0 Å². The fourth-order valence-corrected chi connectivity index (χ4v) is 14.3. The van der Waals surface area contributed by atoms with E-state index in [1.165, 1.54) is 118 Å². The summed E-state index contributed by atoms with van der Waals surface area (Å²) in [7, 11) is -1.42. The third kappa shape index (κ3) is 8.98. The fourth-order valence-electron chi connectivity index (χ4n) is 11.4. The van der Waals surface area contributed by atoms with Crippen molar-refractivity contribution in [2.75, 3.05) is 0 Å². The van der Waals surface area contributed by atoms with Gasteiger partial charge in [0.05, 0.1) is 22.1 Å². The van der Waals surface area contributed by atoms with E-state index in [1.807, 2.05) is 29.5 Å². The number of benzene rings is 12. The molecule has 4 heterocycles. The number of rotatable bonds is 6. The third-order valence-corrected chi connectivity index (χ3v) is 18.1. The van der Waals surface area contributed by atoms with Gasteiger partial charge in [-0.05, 0) is 118 Å². The van der Waals surface area contributed by atoms with Gasteiger partial charge in [-0.3, -0.25) is 0 Å². The van der Waals surface area contributed by atoms with Crippen molar-refractivity contribution in [1.82, 2.24) is 9.13 Å². The Kier molecular flexibility index (Phi) is 13.0. The Hall–Kier alpha value is -8.86. The SMILES string of the molecule is Brc1cccc2c1c1ccccc1n2-c1ccccc1.OB(O)c1ccc(-c2ccc3c(c2)sc2ccccc23)cc1.c1ccc(-n2c3ccccc3c3c(-c4ccc(-c5ccc6c(c5)sc5ccccc56)cc4)cccc32)cc1. The van der Waals surface area contributed by atoms with E-state index in [0.29, 0.717) is 5.46 Å². The molecule has 380 valence electrons. The van der Waals surface area contributed by atoms with Crippen molar-refractivity contribution in [1.29, 1.82) is 0 Å². The molecule has 4 aromatic heterocycles. The van der Waals surface area contributed by atoms with E-state index in [1.54, 1.807) is 23.5 Å². The van der Waals surface area contributed by atoms with Crippen molar-refractivity contribution in [2.45, 2.75) is 0 Å². The van der Waals surface area contributed by atoms with E-state index >= 15 is 0 Å². The van der Waals surface area contributed by atoms with Gasteiger partial charge in [-0.1, -0.05) is 216 Å². The van der Waals surface area contributed by atoms with E-state index < -0.39 is 7.12 Å².